The van der Waals surface area contributed by atoms with Gasteiger partial charge in [-0.1, -0.05) is 0 Å². The number of piperidine rings is 1. The highest BCUT2D eigenvalue weighted by Crippen LogP contribution is 2.24. The zero-order valence-electron chi connectivity index (χ0n) is 10.3. The summed E-state index contributed by atoms with van der Waals surface area (Å²) in [6.45, 7) is 4.17. The SMILES string of the molecule is c1ncn(CC2CCCO2)c1C1CCCNC1. The largest absolute Gasteiger partial charge is 0.376 e. The third-order valence-corrected chi connectivity index (χ3v) is 3.88. The van der Waals surface area contributed by atoms with Gasteiger partial charge in [0.15, 0.2) is 0 Å². The third-order valence-electron chi connectivity index (χ3n) is 3.88. The summed E-state index contributed by atoms with van der Waals surface area (Å²) >= 11 is 0. The zero-order valence-corrected chi connectivity index (χ0v) is 10.3. The molecule has 2 aliphatic heterocycles. The first kappa shape index (κ1) is 11.2. The standard InChI is InChI=1S/C13H21N3O/c1-3-11(7-14-5-1)13-8-15-10-16(13)9-12-4-2-6-17-12/h8,10-12,14H,1-7,9H2. The van der Waals surface area contributed by atoms with Crippen LogP contribution in [0.4, 0.5) is 0 Å². The Hall–Kier alpha value is -0.870. The highest BCUT2D eigenvalue weighted by Gasteiger charge is 2.21. The Kier molecular flexibility index (Phi) is 3.43. The Morgan fingerprint density at radius 1 is 1.41 bits per heavy atom. The van der Waals surface area contributed by atoms with Gasteiger partial charge in [-0.05, 0) is 32.2 Å². The van der Waals surface area contributed by atoms with Gasteiger partial charge in [0.25, 0.3) is 0 Å². The number of rotatable bonds is 3. The van der Waals surface area contributed by atoms with Crippen molar-refractivity contribution in [1.82, 2.24) is 14.9 Å². The lowest BCUT2D eigenvalue weighted by atomic mass is 9.96. The number of hydrogen-bond acceptors (Lipinski definition) is 3. The Balaban J connectivity index is 1.69. The minimum Gasteiger partial charge on any atom is -0.376 e. The topological polar surface area (TPSA) is 39.1 Å². The molecule has 0 spiro atoms. The fourth-order valence-corrected chi connectivity index (χ4v) is 2.94. The first-order valence-corrected chi connectivity index (χ1v) is 6.76. The highest BCUT2D eigenvalue weighted by atomic mass is 16.5. The molecule has 4 heteroatoms. The van der Waals surface area contributed by atoms with Crippen molar-refractivity contribution in [3.63, 3.8) is 0 Å². The lowest BCUT2D eigenvalue weighted by Crippen LogP contribution is -2.30. The number of imidazole rings is 1. The van der Waals surface area contributed by atoms with Crippen molar-refractivity contribution in [2.75, 3.05) is 19.7 Å². The second-order valence-electron chi connectivity index (χ2n) is 5.15. The van der Waals surface area contributed by atoms with Crippen molar-refractivity contribution in [2.45, 2.75) is 44.2 Å². The van der Waals surface area contributed by atoms with E-state index >= 15 is 0 Å². The highest BCUT2D eigenvalue weighted by molar-refractivity contribution is 5.08. The van der Waals surface area contributed by atoms with Gasteiger partial charge in [-0.25, -0.2) is 4.98 Å². The maximum atomic E-state index is 5.70. The molecule has 1 N–H and O–H groups in total. The molecule has 1 aromatic heterocycles. The van der Waals surface area contributed by atoms with Gasteiger partial charge in [0.05, 0.1) is 19.0 Å². The third kappa shape index (κ3) is 2.53. The smallest absolute Gasteiger partial charge is 0.0949 e. The first-order chi connectivity index (χ1) is 8.43. The van der Waals surface area contributed by atoms with Crippen LogP contribution < -0.4 is 5.32 Å². The molecule has 0 amide bonds. The molecule has 0 aromatic carbocycles. The van der Waals surface area contributed by atoms with E-state index < -0.39 is 0 Å². The second kappa shape index (κ2) is 5.19. The van der Waals surface area contributed by atoms with Crippen LogP contribution in [0.3, 0.4) is 0 Å². The predicted molar refractivity (Wildman–Crippen MR) is 66.0 cm³/mol. The Labute approximate surface area is 102 Å². The van der Waals surface area contributed by atoms with Crippen molar-refractivity contribution in [1.29, 1.82) is 0 Å². The van der Waals surface area contributed by atoms with Crippen molar-refractivity contribution in [3.8, 4) is 0 Å². The van der Waals surface area contributed by atoms with Crippen LogP contribution in [-0.2, 0) is 11.3 Å². The van der Waals surface area contributed by atoms with Crippen LogP contribution in [0.2, 0.25) is 0 Å². The lowest BCUT2D eigenvalue weighted by Gasteiger charge is -2.24. The van der Waals surface area contributed by atoms with Gasteiger partial charge in [0, 0.05) is 31.0 Å². The van der Waals surface area contributed by atoms with E-state index in [1.165, 1.54) is 31.4 Å². The van der Waals surface area contributed by atoms with Crippen molar-refractivity contribution in [3.05, 3.63) is 18.2 Å². The summed E-state index contributed by atoms with van der Waals surface area (Å²) in [6.07, 6.45) is 9.36. The van der Waals surface area contributed by atoms with Gasteiger partial charge >= 0.3 is 0 Å². The lowest BCUT2D eigenvalue weighted by molar-refractivity contribution is 0.0959. The van der Waals surface area contributed by atoms with Crippen molar-refractivity contribution in [2.24, 2.45) is 0 Å². The van der Waals surface area contributed by atoms with Gasteiger partial charge in [-0.15, -0.1) is 0 Å². The molecule has 17 heavy (non-hydrogen) atoms. The molecule has 1 aromatic rings. The monoisotopic (exact) mass is 235 g/mol. The number of ether oxygens (including phenoxy) is 1. The van der Waals surface area contributed by atoms with Crippen LogP contribution in [-0.4, -0.2) is 35.4 Å². The Morgan fingerprint density at radius 2 is 2.41 bits per heavy atom. The van der Waals surface area contributed by atoms with E-state index in [0.29, 0.717) is 12.0 Å². The van der Waals surface area contributed by atoms with E-state index in [9.17, 15) is 0 Å². The molecule has 2 aliphatic rings. The maximum Gasteiger partial charge on any atom is 0.0949 e. The summed E-state index contributed by atoms with van der Waals surface area (Å²) in [4.78, 5) is 4.32. The zero-order chi connectivity index (χ0) is 11.5. The Morgan fingerprint density at radius 3 is 3.18 bits per heavy atom. The molecule has 3 rings (SSSR count). The molecule has 0 radical (unpaired) electrons. The van der Waals surface area contributed by atoms with Gasteiger partial charge in [-0.2, -0.15) is 0 Å². The molecule has 2 unspecified atom stereocenters. The van der Waals surface area contributed by atoms with E-state index in [0.717, 1.165) is 26.2 Å². The molecule has 2 atom stereocenters. The van der Waals surface area contributed by atoms with Crippen molar-refractivity contribution < 1.29 is 4.74 Å². The fourth-order valence-electron chi connectivity index (χ4n) is 2.94. The van der Waals surface area contributed by atoms with Crippen LogP contribution in [0.15, 0.2) is 12.5 Å². The molecule has 3 heterocycles. The number of aromatic nitrogens is 2. The summed E-state index contributed by atoms with van der Waals surface area (Å²) in [6, 6.07) is 0. The van der Waals surface area contributed by atoms with Crippen molar-refractivity contribution >= 4 is 0 Å². The van der Waals surface area contributed by atoms with Gasteiger partial charge in [0.1, 0.15) is 0 Å². The number of nitrogens with zero attached hydrogens (tertiary/aromatic N) is 2. The average Bonchev–Trinajstić information content (AvgIpc) is 3.02. The minimum atomic E-state index is 0.402. The predicted octanol–water partition coefficient (Wildman–Crippen LogP) is 1.53. The molecule has 2 saturated heterocycles. The molecular formula is C13H21N3O. The minimum absolute atomic E-state index is 0.402. The molecule has 0 aliphatic carbocycles. The van der Waals surface area contributed by atoms with E-state index in [1.54, 1.807) is 0 Å². The maximum absolute atomic E-state index is 5.70. The summed E-state index contributed by atoms with van der Waals surface area (Å²) < 4.78 is 8.00. The average molecular weight is 235 g/mol. The van der Waals surface area contributed by atoms with Crippen LogP contribution in [0, 0.1) is 0 Å². The van der Waals surface area contributed by atoms with E-state index in [-0.39, 0.29) is 0 Å². The molecule has 94 valence electrons. The first-order valence-electron chi connectivity index (χ1n) is 6.76. The molecule has 2 fully saturated rings. The summed E-state index contributed by atoms with van der Waals surface area (Å²) in [5.41, 5.74) is 1.38. The second-order valence-corrected chi connectivity index (χ2v) is 5.15. The van der Waals surface area contributed by atoms with Crippen LogP contribution >= 0.6 is 0 Å². The fraction of sp³-hybridized carbons (Fsp3) is 0.769. The van der Waals surface area contributed by atoms with Gasteiger partial charge in [0.2, 0.25) is 0 Å². The van der Waals surface area contributed by atoms with Crippen LogP contribution in [0.1, 0.15) is 37.3 Å². The van der Waals surface area contributed by atoms with Crippen LogP contribution in [0.5, 0.6) is 0 Å². The molecule has 0 bridgehead atoms. The van der Waals surface area contributed by atoms with E-state index in [4.69, 9.17) is 4.74 Å². The normalized spacial score (nSPS) is 29.6. The summed E-state index contributed by atoms with van der Waals surface area (Å²) in [7, 11) is 0. The molecular weight excluding hydrogens is 214 g/mol. The molecule has 0 saturated carbocycles. The molecule has 4 nitrogen and oxygen atoms in total. The van der Waals surface area contributed by atoms with E-state index in [2.05, 4.69) is 14.9 Å². The van der Waals surface area contributed by atoms with Gasteiger partial charge in [-0.3, -0.25) is 0 Å². The summed E-state index contributed by atoms with van der Waals surface area (Å²) in [5, 5.41) is 3.47. The number of hydrogen-bond donors (Lipinski definition) is 1. The van der Waals surface area contributed by atoms with Gasteiger partial charge < -0.3 is 14.6 Å². The van der Waals surface area contributed by atoms with E-state index in [1.807, 2.05) is 12.5 Å². The quantitative estimate of drug-likeness (QED) is 0.863. The summed E-state index contributed by atoms with van der Waals surface area (Å²) in [5.74, 6) is 0.632. The number of nitrogens with one attached hydrogen (secondary N) is 1. The Bertz CT molecular complexity index is 351. The van der Waals surface area contributed by atoms with Crippen LogP contribution in [0.25, 0.3) is 0 Å².